The van der Waals surface area contributed by atoms with Gasteiger partial charge in [0.05, 0.1) is 6.61 Å². The number of likely N-dealkylation sites (tertiary alicyclic amines) is 1. The predicted octanol–water partition coefficient (Wildman–Crippen LogP) is 5.27. The molecule has 190 valence electrons. The average Bonchev–Trinajstić information content (AvgIpc) is 2.91. The van der Waals surface area contributed by atoms with Crippen molar-refractivity contribution in [1.29, 1.82) is 0 Å². The van der Waals surface area contributed by atoms with Crippen LogP contribution in [-0.2, 0) is 17.8 Å². The molecule has 1 aliphatic rings. The van der Waals surface area contributed by atoms with Crippen LogP contribution in [0, 0.1) is 11.7 Å². The van der Waals surface area contributed by atoms with Crippen LogP contribution in [0.15, 0.2) is 84.9 Å². The van der Waals surface area contributed by atoms with Gasteiger partial charge in [-0.25, -0.2) is 4.39 Å². The first kappa shape index (κ1) is 26.2. The molecule has 3 aromatic rings. The number of halogens is 1. The van der Waals surface area contributed by atoms with Gasteiger partial charge in [-0.15, -0.1) is 0 Å². The summed E-state index contributed by atoms with van der Waals surface area (Å²) < 4.78 is 13.6. The van der Waals surface area contributed by atoms with E-state index in [4.69, 9.17) is 0 Å². The van der Waals surface area contributed by atoms with Crippen LogP contribution in [0.2, 0.25) is 0 Å². The third kappa shape index (κ3) is 6.28. The Hall–Kier alpha value is -2.86. The van der Waals surface area contributed by atoms with Crippen LogP contribution >= 0.6 is 0 Å². The molecule has 4 nitrogen and oxygen atoms in total. The summed E-state index contributed by atoms with van der Waals surface area (Å²) in [5.74, 6) is -0.254. The summed E-state index contributed by atoms with van der Waals surface area (Å²) in [5, 5.41) is 9.87. The summed E-state index contributed by atoms with van der Waals surface area (Å²) in [6.07, 6.45) is 1.04. The normalized spacial score (nSPS) is 20.4. The smallest absolute Gasteiger partial charge is 0.139 e. The average molecular weight is 489 g/mol. The van der Waals surface area contributed by atoms with Crippen LogP contribution in [0.5, 0.6) is 0 Å². The molecule has 0 bridgehead atoms. The highest BCUT2D eigenvalue weighted by atomic mass is 19.1. The van der Waals surface area contributed by atoms with Crippen molar-refractivity contribution in [1.82, 2.24) is 9.80 Å². The number of hydrogen-bond donors (Lipinski definition) is 1. The van der Waals surface area contributed by atoms with Gasteiger partial charge in [-0.3, -0.25) is 14.6 Å². The van der Waals surface area contributed by atoms with E-state index in [2.05, 4.69) is 72.2 Å². The number of hydrogen-bond acceptors (Lipinski definition) is 4. The first-order valence-corrected chi connectivity index (χ1v) is 12.9. The van der Waals surface area contributed by atoms with Crippen molar-refractivity contribution >= 4 is 5.78 Å². The minimum atomic E-state index is -0.272. The quantitative estimate of drug-likeness (QED) is 0.422. The van der Waals surface area contributed by atoms with E-state index in [1.807, 2.05) is 12.1 Å². The number of ketones is 1. The third-order valence-corrected chi connectivity index (χ3v) is 7.65. The number of aliphatic hydroxyl groups is 1. The molecular formula is C31H37FN2O2. The summed E-state index contributed by atoms with van der Waals surface area (Å²) in [5.41, 5.74) is 3.41. The highest BCUT2D eigenvalue weighted by molar-refractivity contribution is 5.83. The van der Waals surface area contributed by atoms with E-state index in [1.54, 1.807) is 12.1 Å². The van der Waals surface area contributed by atoms with Gasteiger partial charge in [0.2, 0.25) is 0 Å². The monoisotopic (exact) mass is 488 g/mol. The third-order valence-electron chi connectivity index (χ3n) is 7.65. The Labute approximate surface area is 214 Å². The topological polar surface area (TPSA) is 43.8 Å². The van der Waals surface area contributed by atoms with Crippen molar-refractivity contribution in [2.75, 3.05) is 19.7 Å². The molecule has 1 saturated heterocycles. The SMILES string of the molecule is C[C@H](c1ccccc1)N(Cc1ccccc1)[C@H](C)C1C(Cc2ccc(F)cc2)C(=O)CCN1CCO. The van der Waals surface area contributed by atoms with E-state index in [-0.39, 0.29) is 42.3 Å². The molecular weight excluding hydrogens is 451 g/mol. The summed E-state index contributed by atoms with van der Waals surface area (Å²) in [7, 11) is 0. The Bertz CT molecular complexity index is 1090. The highest BCUT2D eigenvalue weighted by Gasteiger charge is 2.42. The van der Waals surface area contributed by atoms with E-state index in [0.29, 0.717) is 25.9 Å². The van der Waals surface area contributed by atoms with Gasteiger partial charge in [-0.1, -0.05) is 72.8 Å². The predicted molar refractivity (Wildman–Crippen MR) is 142 cm³/mol. The van der Waals surface area contributed by atoms with Gasteiger partial charge in [-0.2, -0.15) is 0 Å². The van der Waals surface area contributed by atoms with E-state index in [9.17, 15) is 14.3 Å². The molecule has 0 amide bonds. The Morgan fingerprint density at radius 2 is 1.58 bits per heavy atom. The minimum absolute atomic E-state index is 0.0293. The second kappa shape index (κ2) is 12.4. The lowest BCUT2D eigenvalue weighted by molar-refractivity contribution is -0.131. The van der Waals surface area contributed by atoms with Gasteiger partial charge in [0.25, 0.3) is 0 Å². The zero-order chi connectivity index (χ0) is 25.5. The standard InChI is InChI=1S/C31H37FN2O2/c1-23(27-11-7-4-8-12-27)34(22-26-9-5-3-6-10-26)24(2)31-29(21-25-13-15-28(32)16-14-25)30(36)17-18-33(31)19-20-35/h3-16,23-24,29,31,35H,17-22H2,1-2H3/t23-,24-,29?,31?/m1/s1. The molecule has 2 unspecified atom stereocenters. The maximum atomic E-state index is 13.6. The molecule has 0 radical (unpaired) electrons. The lowest BCUT2D eigenvalue weighted by Gasteiger charge is -2.48. The van der Waals surface area contributed by atoms with Crippen molar-refractivity contribution in [3.05, 3.63) is 107 Å². The Balaban J connectivity index is 1.70. The van der Waals surface area contributed by atoms with Crippen molar-refractivity contribution < 1.29 is 14.3 Å². The van der Waals surface area contributed by atoms with E-state index < -0.39 is 0 Å². The van der Waals surface area contributed by atoms with Crippen LogP contribution in [0.4, 0.5) is 4.39 Å². The van der Waals surface area contributed by atoms with Crippen molar-refractivity contribution in [2.45, 2.75) is 51.4 Å². The molecule has 4 rings (SSSR count). The zero-order valence-corrected chi connectivity index (χ0v) is 21.3. The molecule has 0 spiro atoms. The van der Waals surface area contributed by atoms with E-state index in [0.717, 1.165) is 12.1 Å². The van der Waals surface area contributed by atoms with Crippen molar-refractivity contribution in [3.63, 3.8) is 0 Å². The number of nitrogens with zero attached hydrogens (tertiary/aromatic N) is 2. The number of benzene rings is 3. The first-order chi connectivity index (χ1) is 17.5. The van der Waals surface area contributed by atoms with Crippen LogP contribution in [0.3, 0.4) is 0 Å². The van der Waals surface area contributed by atoms with Crippen molar-refractivity contribution in [2.24, 2.45) is 5.92 Å². The van der Waals surface area contributed by atoms with E-state index >= 15 is 0 Å². The van der Waals surface area contributed by atoms with Crippen LogP contribution in [0.1, 0.15) is 43.0 Å². The number of rotatable bonds is 10. The largest absolute Gasteiger partial charge is 0.395 e. The maximum absolute atomic E-state index is 13.6. The number of carbonyl (C=O) groups excluding carboxylic acids is 1. The van der Waals surface area contributed by atoms with E-state index in [1.165, 1.54) is 23.3 Å². The Morgan fingerprint density at radius 1 is 0.944 bits per heavy atom. The molecule has 5 heteroatoms. The fraction of sp³-hybridized carbons (Fsp3) is 0.387. The molecule has 0 aromatic heterocycles. The first-order valence-electron chi connectivity index (χ1n) is 12.9. The maximum Gasteiger partial charge on any atom is 0.139 e. The summed E-state index contributed by atoms with van der Waals surface area (Å²) in [6.45, 7) is 6.42. The molecule has 4 atom stereocenters. The Kier molecular flexibility index (Phi) is 9.03. The molecule has 3 aromatic carbocycles. The second-order valence-electron chi connectivity index (χ2n) is 9.89. The summed E-state index contributed by atoms with van der Waals surface area (Å²) in [4.78, 5) is 18.1. The van der Waals surface area contributed by atoms with Gasteiger partial charge >= 0.3 is 0 Å². The van der Waals surface area contributed by atoms with Gasteiger partial charge in [0.15, 0.2) is 0 Å². The summed E-state index contributed by atoms with van der Waals surface area (Å²) >= 11 is 0. The fourth-order valence-corrected chi connectivity index (χ4v) is 5.72. The minimum Gasteiger partial charge on any atom is -0.395 e. The van der Waals surface area contributed by atoms with Gasteiger partial charge in [-0.05, 0) is 49.1 Å². The molecule has 1 heterocycles. The number of Topliss-reactive ketones (excluding diaryl/α,β-unsaturated/α-hetero) is 1. The highest BCUT2D eigenvalue weighted by Crippen LogP contribution is 2.33. The van der Waals surface area contributed by atoms with Crippen LogP contribution < -0.4 is 0 Å². The Morgan fingerprint density at radius 3 is 2.22 bits per heavy atom. The molecule has 1 fully saturated rings. The lowest BCUT2D eigenvalue weighted by Crippen LogP contribution is -2.60. The molecule has 36 heavy (non-hydrogen) atoms. The number of piperidine rings is 1. The number of aliphatic hydroxyl groups excluding tert-OH is 1. The van der Waals surface area contributed by atoms with Crippen molar-refractivity contribution in [3.8, 4) is 0 Å². The number of β-amino-alcohol motifs (C(OH)–C–C–N with tert-alkyl or cyclic N) is 1. The fourth-order valence-electron chi connectivity index (χ4n) is 5.72. The van der Waals surface area contributed by atoms with Gasteiger partial charge in [0, 0.05) is 50.1 Å². The van der Waals surface area contributed by atoms with Crippen LogP contribution in [0.25, 0.3) is 0 Å². The van der Waals surface area contributed by atoms with Gasteiger partial charge in [0.1, 0.15) is 11.6 Å². The molecule has 0 saturated carbocycles. The second-order valence-corrected chi connectivity index (χ2v) is 9.89. The lowest BCUT2D eigenvalue weighted by atomic mass is 9.79. The summed E-state index contributed by atoms with van der Waals surface area (Å²) in [6, 6.07) is 27.5. The zero-order valence-electron chi connectivity index (χ0n) is 21.3. The molecule has 1 N–H and O–H groups in total. The molecule has 0 aliphatic carbocycles. The van der Waals surface area contributed by atoms with Gasteiger partial charge < -0.3 is 5.11 Å². The number of carbonyl (C=O) groups is 1. The van der Waals surface area contributed by atoms with Crippen LogP contribution in [-0.4, -0.2) is 52.5 Å². The molecule has 1 aliphatic heterocycles.